The highest BCUT2D eigenvalue weighted by Gasteiger charge is 2.34. The summed E-state index contributed by atoms with van der Waals surface area (Å²) >= 11 is 0.802. The van der Waals surface area contributed by atoms with Gasteiger partial charge >= 0.3 is 18.7 Å². The number of nitriles is 1. The molecule has 16 heteroatoms. The molecule has 0 unspecified atom stereocenters. The number of amides is 1. The number of alkyl halides is 2. The lowest BCUT2D eigenvalue weighted by molar-refractivity contribution is -0.158. The number of carbonyl (C=O) groups is 1. The Bertz CT molecular complexity index is 1890. The number of halogens is 4. The van der Waals surface area contributed by atoms with Crippen LogP contribution in [0.15, 0.2) is 12.4 Å². The van der Waals surface area contributed by atoms with Gasteiger partial charge in [0.05, 0.1) is 41.5 Å². The molecule has 3 aromatic heterocycles. The minimum atomic E-state index is -2.88. The van der Waals surface area contributed by atoms with Gasteiger partial charge in [-0.15, -0.1) is 11.3 Å². The monoisotopic (exact) mass is 660 g/mol. The maximum atomic E-state index is 16.6. The summed E-state index contributed by atoms with van der Waals surface area (Å²) in [7, 11) is 1.75. The number of thiophene rings is 1. The number of hydrogen-bond donors (Lipinski definition) is 1. The van der Waals surface area contributed by atoms with Crippen LogP contribution in [0.1, 0.15) is 43.9 Å². The fourth-order valence-corrected chi connectivity index (χ4v) is 6.74. The number of likely N-dealkylation sites (tertiary alicyclic amines) is 1. The van der Waals surface area contributed by atoms with Gasteiger partial charge in [-0.3, -0.25) is 15.2 Å². The highest BCUT2D eigenvalue weighted by molar-refractivity contribution is 7.23. The van der Waals surface area contributed by atoms with Gasteiger partial charge in [-0.2, -0.15) is 19.0 Å². The Morgan fingerprint density at radius 3 is 2.72 bits per heavy atom. The Balaban J connectivity index is 1.41. The smallest absolute Gasteiger partial charge is 0.412 e. The minimum absolute atomic E-state index is 0.0127. The van der Waals surface area contributed by atoms with Gasteiger partial charge in [0.15, 0.2) is 11.6 Å². The normalized spacial score (nSPS) is 18.3. The van der Waals surface area contributed by atoms with E-state index in [1.54, 1.807) is 27.8 Å². The van der Waals surface area contributed by atoms with Crippen molar-refractivity contribution in [3.8, 4) is 23.3 Å². The summed E-state index contributed by atoms with van der Waals surface area (Å²) in [5, 5.41) is 13.0. The van der Waals surface area contributed by atoms with Crippen molar-refractivity contribution in [3.05, 3.63) is 40.7 Å². The van der Waals surface area contributed by atoms with Crippen molar-refractivity contribution in [2.75, 3.05) is 25.5 Å². The topological polar surface area (TPSA) is 132 Å². The molecule has 2 aliphatic rings. The molecular formula is C30H28F4N6O5S. The van der Waals surface area contributed by atoms with Gasteiger partial charge in [-0.25, -0.2) is 18.6 Å². The Morgan fingerprint density at radius 2 is 2.00 bits per heavy atom. The van der Waals surface area contributed by atoms with Crippen LogP contribution < -0.4 is 10.1 Å². The van der Waals surface area contributed by atoms with Crippen molar-refractivity contribution < 1.29 is 41.3 Å². The van der Waals surface area contributed by atoms with E-state index in [-0.39, 0.29) is 69.3 Å². The van der Waals surface area contributed by atoms with E-state index in [0.29, 0.717) is 29.5 Å². The fourth-order valence-electron chi connectivity index (χ4n) is 5.70. The van der Waals surface area contributed by atoms with Crippen molar-refractivity contribution in [1.29, 1.82) is 5.26 Å². The minimum Gasteiger partial charge on any atom is -0.462 e. The molecule has 1 amide bonds. The van der Waals surface area contributed by atoms with E-state index in [9.17, 15) is 18.8 Å². The third-order valence-electron chi connectivity index (χ3n) is 7.66. The molecule has 1 aromatic carbocycles. The van der Waals surface area contributed by atoms with Gasteiger partial charge in [0.2, 0.25) is 0 Å². The third-order valence-corrected chi connectivity index (χ3v) is 8.77. The number of ether oxygens (including phenoxy) is 4. The molecular weight excluding hydrogens is 632 g/mol. The fraction of sp³-hybridized carbons (Fsp3) is 0.433. The average molecular weight is 661 g/mol. The zero-order chi connectivity index (χ0) is 32.9. The second kappa shape index (κ2) is 12.2. The van der Waals surface area contributed by atoms with Crippen molar-refractivity contribution in [3.63, 3.8) is 0 Å². The molecule has 46 heavy (non-hydrogen) atoms. The Kier molecular flexibility index (Phi) is 8.44. The van der Waals surface area contributed by atoms with Crippen LogP contribution in [0.4, 0.5) is 27.4 Å². The summed E-state index contributed by atoms with van der Waals surface area (Å²) < 4.78 is 78.5. The molecule has 0 radical (unpaired) electrons. The highest BCUT2D eigenvalue weighted by atomic mass is 32.1. The predicted molar refractivity (Wildman–Crippen MR) is 159 cm³/mol. The summed E-state index contributed by atoms with van der Waals surface area (Å²) in [5.74, 6) is -1.57. The molecule has 1 saturated heterocycles. The van der Waals surface area contributed by atoms with E-state index in [1.165, 1.54) is 6.20 Å². The van der Waals surface area contributed by atoms with Crippen LogP contribution in [0.3, 0.4) is 0 Å². The standard InChI is InChI=1S/C30H28F4N6O5S/c1-30(2,3)45-29(41)39-26-15(6-35)21-24(36-8-19(31)25(21)46-26)20-18-12-42-11-17(18)16-7-37-28(38-23(16)22(20)32)43-10-13-5-14(9-40(13)4)44-27(33)34/h7-8,13-14,27H,5,9-12H2,1-4H3,(H,39,41)/t13-,14+/m0/s1. The first-order chi connectivity index (χ1) is 21.8. The number of benzene rings is 1. The largest absolute Gasteiger partial charge is 0.462 e. The van der Waals surface area contributed by atoms with Gasteiger partial charge in [-0.05, 0) is 45.4 Å². The molecule has 1 N–H and O–H groups in total. The number of likely N-dealkylation sites (N-methyl/N-ethyl adjacent to an activating group) is 1. The number of anilines is 1. The van der Waals surface area contributed by atoms with E-state index in [0.717, 1.165) is 17.5 Å². The average Bonchev–Trinajstić information content (AvgIpc) is 3.69. The number of hydrogen-bond acceptors (Lipinski definition) is 11. The number of aromatic nitrogens is 3. The first-order valence-electron chi connectivity index (χ1n) is 14.2. The second-order valence-corrected chi connectivity index (χ2v) is 12.9. The Hall–Kier alpha value is -4.17. The molecule has 2 aliphatic heterocycles. The second-order valence-electron chi connectivity index (χ2n) is 11.9. The predicted octanol–water partition coefficient (Wildman–Crippen LogP) is 6.12. The van der Waals surface area contributed by atoms with Gasteiger partial charge in [-0.1, -0.05) is 0 Å². The first kappa shape index (κ1) is 31.8. The van der Waals surface area contributed by atoms with Crippen LogP contribution in [-0.2, 0) is 27.4 Å². The molecule has 6 rings (SSSR count). The number of nitrogens with one attached hydrogen (secondary N) is 1. The van der Waals surface area contributed by atoms with Crippen molar-refractivity contribution >= 4 is 43.4 Å². The number of pyridine rings is 1. The molecule has 1 fully saturated rings. The van der Waals surface area contributed by atoms with Gasteiger partial charge in [0.25, 0.3) is 0 Å². The first-order valence-corrected chi connectivity index (χ1v) is 15.0. The molecule has 4 aromatic rings. The third kappa shape index (κ3) is 6.03. The number of fused-ring (bicyclic) bond motifs is 4. The lowest BCUT2D eigenvalue weighted by Gasteiger charge is -2.19. The molecule has 11 nitrogen and oxygen atoms in total. The van der Waals surface area contributed by atoms with Gasteiger partial charge < -0.3 is 18.9 Å². The number of nitrogens with zero attached hydrogens (tertiary/aromatic N) is 5. The van der Waals surface area contributed by atoms with Crippen LogP contribution in [0, 0.1) is 23.0 Å². The SMILES string of the molecule is CN1C[C@H](OC(F)F)C[C@H]1COc1ncc2c3c(c(-c4ncc(F)c5sc(NC(=O)OC(C)(C)C)c(C#N)c45)c(F)c2n1)COC3. The van der Waals surface area contributed by atoms with E-state index >= 15 is 8.78 Å². The Morgan fingerprint density at radius 1 is 1.24 bits per heavy atom. The van der Waals surface area contributed by atoms with Crippen LogP contribution >= 0.6 is 11.3 Å². The molecule has 0 saturated carbocycles. The molecule has 242 valence electrons. The maximum absolute atomic E-state index is 16.6. The quantitative estimate of drug-likeness (QED) is 0.231. The van der Waals surface area contributed by atoms with Crippen LogP contribution in [0.5, 0.6) is 6.01 Å². The summed E-state index contributed by atoms with van der Waals surface area (Å²) in [6.45, 7) is 2.60. The number of carbonyl (C=O) groups excluding carboxylic acids is 1. The Labute approximate surface area is 264 Å². The zero-order valence-electron chi connectivity index (χ0n) is 25.1. The maximum Gasteiger partial charge on any atom is 0.412 e. The van der Waals surface area contributed by atoms with E-state index in [2.05, 4.69) is 25.0 Å². The lowest BCUT2D eigenvalue weighted by Crippen LogP contribution is -2.31. The summed E-state index contributed by atoms with van der Waals surface area (Å²) in [6.07, 6.45) is 1.14. The molecule has 0 spiro atoms. The van der Waals surface area contributed by atoms with E-state index < -0.39 is 36.0 Å². The number of rotatable bonds is 7. The molecule has 2 atom stereocenters. The van der Waals surface area contributed by atoms with Gasteiger partial charge in [0, 0.05) is 35.1 Å². The van der Waals surface area contributed by atoms with Crippen molar-refractivity contribution in [1.82, 2.24) is 19.9 Å². The van der Waals surface area contributed by atoms with Crippen molar-refractivity contribution in [2.24, 2.45) is 0 Å². The highest BCUT2D eigenvalue weighted by Crippen LogP contribution is 2.45. The lowest BCUT2D eigenvalue weighted by atomic mass is 9.94. The van der Waals surface area contributed by atoms with Crippen molar-refractivity contribution in [2.45, 2.75) is 64.8 Å². The summed E-state index contributed by atoms with van der Waals surface area (Å²) in [4.78, 5) is 27.2. The molecule has 5 heterocycles. The van der Waals surface area contributed by atoms with Crippen LogP contribution in [0.25, 0.3) is 32.2 Å². The van der Waals surface area contributed by atoms with E-state index in [4.69, 9.17) is 14.2 Å². The molecule has 0 aliphatic carbocycles. The van der Waals surface area contributed by atoms with Crippen LogP contribution in [0.2, 0.25) is 0 Å². The van der Waals surface area contributed by atoms with E-state index in [1.807, 2.05) is 11.0 Å². The zero-order valence-corrected chi connectivity index (χ0v) is 25.9. The summed E-state index contributed by atoms with van der Waals surface area (Å²) in [6, 6.07) is 1.59. The summed E-state index contributed by atoms with van der Waals surface area (Å²) in [5.41, 5.74) is -0.0676. The van der Waals surface area contributed by atoms with Crippen LogP contribution in [-0.4, -0.2) is 70.5 Å². The molecule has 0 bridgehead atoms. The van der Waals surface area contributed by atoms with Gasteiger partial charge in [0.1, 0.15) is 28.8 Å².